The summed E-state index contributed by atoms with van der Waals surface area (Å²) in [5, 5.41) is 3.03. The van der Waals surface area contributed by atoms with Crippen molar-refractivity contribution in [3.63, 3.8) is 0 Å². The van der Waals surface area contributed by atoms with E-state index in [-0.39, 0.29) is 18.0 Å². The van der Waals surface area contributed by atoms with Gasteiger partial charge in [0.25, 0.3) is 6.47 Å². The van der Waals surface area contributed by atoms with Crippen molar-refractivity contribution in [2.24, 2.45) is 5.92 Å². The van der Waals surface area contributed by atoms with Gasteiger partial charge in [-0.1, -0.05) is 50.8 Å². The lowest BCUT2D eigenvalue weighted by Gasteiger charge is -2.35. The Labute approximate surface area is 163 Å². The molecule has 0 amide bonds. The van der Waals surface area contributed by atoms with Gasteiger partial charge in [-0.05, 0) is 44.2 Å². The standard InChI is InChI=1S/C15H26O4.C7H9N/c1-2-3-4-6-9-13-14(19-15(13)17)10-7-5-8-11-18-12-16;1-8-7-5-3-2-4-6-7/h12-14H,2-11H2,1H3;2-6,8H,1H3. The molecular weight excluding hydrogens is 342 g/mol. The molecule has 152 valence electrons. The number of unbranched alkanes of at least 4 members (excludes halogenated alkanes) is 5. The van der Waals surface area contributed by atoms with E-state index in [9.17, 15) is 9.59 Å². The average Bonchev–Trinajstić information content (AvgIpc) is 2.70. The van der Waals surface area contributed by atoms with Gasteiger partial charge >= 0.3 is 5.97 Å². The summed E-state index contributed by atoms with van der Waals surface area (Å²) in [6, 6.07) is 10.1. The molecule has 0 radical (unpaired) electrons. The number of hydrogen-bond acceptors (Lipinski definition) is 5. The van der Waals surface area contributed by atoms with Crippen LogP contribution in [0.1, 0.15) is 64.7 Å². The topological polar surface area (TPSA) is 64.6 Å². The predicted octanol–water partition coefficient (Wildman–Crippen LogP) is 4.96. The second-order valence-electron chi connectivity index (χ2n) is 6.86. The van der Waals surface area contributed by atoms with E-state index in [0.717, 1.165) is 44.2 Å². The Morgan fingerprint density at radius 3 is 2.33 bits per heavy atom. The molecule has 1 aromatic rings. The maximum Gasteiger partial charge on any atom is 0.313 e. The smallest absolute Gasteiger partial charge is 0.313 e. The molecule has 0 spiro atoms. The van der Waals surface area contributed by atoms with Crippen molar-refractivity contribution in [1.29, 1.82) is 0 Å². The summed E-state index contributed by atoms with van der Waals surface area (Å²) < 4.78 is 9.84. The number of para-hydroxylation sites is 1. The Bertz CT molecular complexity index is 506. The van der Waals surface area contributed by atoms with Gasteiger partial charge in [0.05, 0.1) is 12.5 Å². The van der Waals surface area contributed by atoms with E-state index in [4.69, 9.17) is 4.74 Å². The molecule has 1 heterocycles. The molecule has 0 aliphatic carbocycles. The van der Waals surface area contributed by atoms with Gasteiger partial charge in [-0.3, -0.25) is 9.59 Å². The van der Waals surface area contributed by atoms with Gasteiger partial charge in [0, 0.05) is 12.7 Å². The zero-order chi connectivity index (χ0) is 19.7. The molecule has 0 bridgehead atoms. The predicted molar refractivity (Wildman–Crippen MR) is 109 cm³/mol. The number of hydrogen-bond donors (Lipinski definition) is 1. The minimum Gasteiger partial charge on any atom is -0.468 e. The lowest BCUT2D eigenvalue weighted by Crippen LogP contribution is -2.44. The van der Waals surface area contributed by atoms with E-state index in [1.54, 1.807) is 0 Å². The molecule has 5 heteroatoms. The van der Waals surface area contributed by atoms with E-state index >= 15 is 0 Å². The van der Waals surface area contributed by atoms with Gasteiger partial charge in [-0.2, -0.15) is 0 Å². The minimum absolute atomic E-state index is 0.00853. The summed E-state index contributed by atoms with van der Waals surface area (Å²) in [6.07, 6.45) is 9.85. The van der Waals surface area contributed by atoms with E-state index in [0.29, 0.717) is 13.1 Å². The molecule has 27 heavy (non-hydrogen) atoms. The highest BCUT2D eigenvalue weighted by Crippen LogP contribution is 2.31. The number of nitrogens with one attached hydrogen (secondary N) is 1. The van der Waals surface area contributed by atoms with Crippen LogP contribution in [0.4, 0.5) is 5.69 Å². The first-order valence-corrected chi connectivity index (χ1v) is 10.2. The third kappa shape index (κ3) is 10.0. The number of anilines is 1. The third-order valence-corrected chi connectivity index (χ3v) is 4.77. The van der Waals surface area contributed by atoms with Gasteiger partial charge in [-0.25, -0.2) is 0 Å². The maximum atomic E-state index is 11.4. The zero-order valence-corrected chi connectivity index (χ0v) is 16.8. The monoisotopic (exact) mass is 377 g/mol. The Morgan fingerprint density at radius 2 is 1.74 bits per heavy atom. The van der Waals surface area contributed by atoms with E-state index < -0.39 is 0 Å². The fourth-order valence-electron chi connectivity index (χ4n) is 3.11. The Kier molecular flexibility index (Phi) is 12.8. The summed E-state index contributed by atoms with van der Waals surface area (Å²) >= 11 is 0. The fraction of sp³-hybridized carbons (Fsp3) is 0.636. The number of rotatable bonds is 13. The molecule has 1 fully saturated rings. The quantitative estimate of drug-likeness (QED) is 0.299. The molecule has 5 nitrogen and oxygen atoms in total. The molecule has 1 N–H and O–H groups in total. The van der Waals surface area contributed by atoms with Crippen molar-refractivity contribution >= 4 is 18.1 Å². The van der Waals surface area contributed by atoms with Crippen LogP contribution in [0, 0.1) is 5.92 Å². The average molecular weight is 378 g/mol. The molecule has 2 unspecified atom stereocenters. The maximum absolute atomic E-state index is 11.4. The molecule has 0 aromatic heterocycles. The SMILES string of the molecule is CCCCCCC1C(=O)OC1CCCCCOC=O.CNc1ccccc1. The van der Waals surface area contributed by atoms with Crippen LogP contribution < -0.4 is 5.32 Å². The van der Waals surface area contributed by atoms with Crippen molar-refractivity contribution in [2.75, 3.05) is 19.0 Å². The summed E-state index contributed by atoms with van der Waals surface area (Å²) in [5.74, 6) is 0.133. The minimum atomic E-state index is -0.00853. The lowest BCUT2D eigenvalue weighted by molar-refractivity contribution is -0.186. The first-order valence-electron chi connectivity index (χ1n) is 10.2. The highest BCUT2D eigenvalue weighted by molar-refractivity contribution is 5.78. The van der Waals surface area contributed by atoms with Gasteiger partial charge in [0.1, 0.15) is 6.10 Å². The number of esters is 1. The largest absolute Gasteiger partial charge is 0.468 e. The van der Waals surface area contributed by atoms with Crippen LogP contribution in [0.25, 0.3) is 0 Å². The van der Waals surface area contributed by atoms with Crippen molar-refractivity contribution in [1.82, 2.24) is 0 Å². The first-order chi connectivity index (χ1) is 13.2. The number of carbonyl (C=O) groups excluding carboxylic acids is 2. The molecule has 0 saturated carbocycles. The van der Waals surface area contributed by atoms with Gasteiger partial charge in [0.2, 0.25) is 0 Å². The van der Waals surface area contributed by atoms with Crippen molar-refractivity contribution in [3.8, 4) is 0 Å². The Morgan fingerprint density at radius 1 is 1.04 bits per heavy atom. The van der Waals surface area contributed by atoms with E-state index in [1.165, 1.54) is 19.3 Å². The number of carbonyl (C=O) groups is 2. The Balaban J connectivity index is 0.000000377. The second kappa shape index (κ2) is 15.1. The fourth-order valence-corrected chi connectivity index (χ4v) is 3.11. The van der Waals surface area contributed by atoms with Crippen LogP contribution in [0.2, 0.25) is 0 Å². The molecular formula is C22H35NO4. The normalized spacial score (nSPS) is 17.8. The summed E-state index contributed by atoms with van der Waals surface area (Å²) in [4.78, 5) is 21.3. The summed E-state index contributed by atoms with van der Waals surface area (Å²) in [6.45, 7) is 3.17. The van der Waals surface area contributed by atoms with E-state index in [2.05, 4.69) is 17.0 Å². The van der Waals surface area contributed by atoms with Crippen molar-refractivity contribution in [2.45, 2.75) is 70.8 Å². The number of ether oxygens (including phenoxy) is 2. The van der Waals surface area contributed by atoms with Gasteiger partial charge in [0.15, 0.2) is 0 Å². The molecule has 1 saturated heterocycles. The van der Waals surface area contributed by atoms with Crippen LogP contribution in [-0.4, -0.2) is 32.2 Å². The molecule has 2 atom stereocenters. The van der Waals surface area contributed by atoms with Crippen LogP contribution in [0.5, 0.6) is 0 Å². The highest BCUT2D eigenvalue weighted by atomic mass is 16.6. The summed E-state index contributed by atoms with van der Waals surface area (Å²) in [5.41, 5.74) is 1.16. The van der Waals surface area contributed by atoms with Gasteiger partial charge in [-0.15, -0.1) is 0 Å². The van der Waals surface area contributed by atoms with Crippen LogP contribution in [-0.2, 0) is 19.1 Å². The lowest BCUT2D eigenvalue weighted by atomic mass is 9.87. The zero-order valence-electron chi connectivity index (χ0n) is 16.8. The number of benzene rings is 1. The number of cyclic esters (lactones) is 1. The van der Waals surface area contributed by atoms with Crippen molar-refractivity contribution in [3.05, 3.63) is 30.3 Å². The molecule has 1 aliphatic rings. The highest BCUT2D eigenvalue weighted by Gasteiger charge is 2.40. The third-order valence-electron chi connectivity index (χ3n) is 4.77. The first kappa shape index (κ1) is 23.0. The molecule has 1 aliphatic heterocycles. The van der Waals surface area contributed by atoms with Crippen LogP contribution in [0.15, 0.2) is 30.3 Å². The molecule has 1 aromatic carbocycles. The van der Waals surface area contributed by atoms with Gasteiger partial charge < -0.3 is 14.8 Å². The van der Waals surface area contributed by atoms with Crippen LogP contribution in [0.3, 0.4) is 0 Å². The summed E-state index contributed by atoms with van der Waals surface area (Å²) in [7, 11) is 1.91. The van der Waals surface area contributed by atoms with E-state index in [1.807, 2.05) is 37.4 Å². The van der Waals surface area contributed by atoms with Crippen LogP contribution >= 0.6 is 0 Å². The van der Waals surface area contributed by atoms with Crippen molar-refractivity contribution < 1.29 is 19.1 Å². The molecule has 2 rings (SSSR count). The second-order valence-corrected chi connectivity index (χ2v) is 6.86. The Hall–Kier alpha value is -2.04.